The fraction of sp³-hybridized carbons (Fsp3) is 0.455. The Labute approximate surface area is 114 Å². The second-order valence-electron chi connectivity index (χ2n) is 4.36. The first-order chi connectivity index (χ1) is 9.21. The van der Waals surface area contributed by atoms with Crippen molar-refractivity contribution in [1.29, 1.82) is 0 Å². The molecule has 0 bridgehead atoms. The quantitative estimate of drug-likeness (QED) is 0.807. The Morgan fingerprint density at radius 3 is 2.30 bits per heavy atom. The number of rotatable bonds is 2. The van der Waals surface area contributed by atoms with Gasteiger partial charge in [0.1, 0.15) is 4.90 Å². The lowest BCUT2D eigenvalue weighted by molar-refractivity contribution is -0.139. The normalized spacial score (nSPS) is 17.3. The molecule has 1 aliphatic heterocycles. The number of anilines is 1. The highest BCUT2D eigenvalue weighted by Gasteiger charge is 2.39. The van der Waals surface area contributed by atoms with E-state index in [0.717, 1.165) is 6.07 Å². The number of hydrogen-bond acceptors (Lipinski definition) is 4. The van der Waals surface area contributed by atoms with Crippen molar-refractivity contribution in [3.05, 3.63) is 23.8 Å². The van der Waals surface area contributed by atoms with Gasteiger partial charge in [-0.3, -0.25) is 4.55 Å². The van der Waals surface area contributed by atoms with Crippen molar-refractivity contribution in [2.24, 2.45) is 0 Å². The van der Waals surface area contributed by atoms with E-state index >= 15 is 0 Å². The van der Waals surface area contributed by atoms with Crippen LogP contribution in [0.2, 0.25) is 0 Å². The third-order valence-electron chi connectivity index (χ3n) is 3.02. The van der Waals surface area contributed by atoms with E-state index in [1.54, 1.807) is 0 Å². The highest BCUT2D eigenvalue weighted by atomic mass is 32.2. The fourth-order valence-corrected chi connectivity index (χ4v) is 3.10. The van der Waals surface area contributed by atoms with Crippen LogP contribution in [0, 0.1) is 0 Å². The molecule has 0 amide bonds. The standard InChI is InChI=1S/C11H13F3N2O3S/c12-11(13,14)8-2-1-3-9(10(8)20(17,18)19)16-6-4-15-5-7-16/h1-3,15H,4-7H2,(H,17,18,19). The van der Waals surface area contributed by atoms with Gasteiger partial charge in [-0.1, -0.05) is 6.07 Å². The van der Waals surface area contributed by atoms with E-state index in [0.29, 0.717) is 32.2 Å². The maximum Gasteiger partial charge on any atom is 0.417 e. The third kappa shape index (κ3) is 3.05. The molecule has 1 saturated heterocycles. The highest BCUT2D eigenvalue weighted by Crippen LogP contribution is 2.38. The van der Waals surface area contributed by atoms with Crippen LogP contribution in [0.25, 0.3) is 0 Å². The van der Waals surface area contributed by atoms with Gasteiger partial charge in [0.2, 0.25) is 0 Å². The zero-order valence-electron chi connectivity index (χ0n) is 10.3. The van der Waals surface area contributed by atoms with Crippen LogP contribution in [0.5, 0.6) is 0 Å². The number of benzene rings is 1. The monoisotopic (exact) mass is 310 g/mol. The molecule has 0 atom stereocenters. The molecular formula is C11H13F3N2O3S. The first-order valence-electron chi connectivity index (χ1n) is 5.84. The van der Waals surface area contributed by atoms with Crippen molar-refractivity contribution in [1.82, 2.24) is 5.32 Å². The molecule has 0 spiro atoms. The predicted molar refractivity (Wildman–Crippen MR) is 66.3 cm³/mol. The van der Waals surface area contributed by atoms with Gasteiger partial charge < -0.3 is 10.2 Å². The molecule has 0 saturated carbocycles. The number of halogens is 3. The Morgan fingerprint density at radius 1 is 1.20 bits per heavy atom. The number of nitrogens with zero attached hydrogens (tertiary/aromatic N) is 1. The molecule has 0 unspecified atom stereocenters. The number of piperazine rings is 1. The first kappa shape index (κ1) is 15.1. The minimum atomic E-state index is -4.98. The molecule has 2 N–H and O–H groups in total. The molecule has 0 radical (unpaired) electrons. The lowest BCUT2D eigenvalue weighted by Gasteiger charge is -2.31. The number of nitrogens with one attached hydrogen (secondary N) is 1. The molecular weight excluding hydrogens is 297 g/mol. The Kier molecular flexibility index (Phi) is 3.94. The summed E-state index contributed by atoms with van der Waals surface area (Å²) in [6.07, 6.45) is -4.85. The highest BCUT2D eigenvalue weighted by molar-refractivity contribution is 7.86. The van der Waals surface area contributed by atoms with Crippen LogP contribution in [-0.2, 0) is 16.3 Å². The molecule has 1 aromatic carbocycles. The second-order valence-corrected chi connectivity index (χ2v) is 5.72. The number of alkyl halides is 3. The molecule has 1 heterocycles. The van der Waals surface area contributed by atoms with Crippen LogP contribution in [0.3, 0.4) is 0 Å². The topological polar surface area (TPSA) is 69.6 Å². The van der Waals surface area contributed by atoms with Crippen molar-refractivity contribution in [2.45, 2.75) is 11.1 Å². The molecule has 0 aromatic heterocycles. The molecule has 0 aliphatic carbocycles. The molecule has 20 heavy (non-hydrogen) atoms. The SMILES string of the molecule is O=S(=O)(O)c1c(N2CCNCC2)cccc1C(F)(F)F. The molecule has 1 fully saturated rings. The summed E-state index contributed by atoms with van der Waals surface area (Å²) in [5, 5.41) is 3.01. The van der Waals surface area contributed by atoms with Gasteiger partial charge in [-0.25, -0.2) is 0 Å². The van der Waals surface area contributed by atoms with Crippen molar-refractivity contribution in [3.8, 4) is 0 Å². The zero-order valence-corrected chi connectivity index (χ0v) is 11.1. The van der Waals surface area contributed by atoms with Crippen LogP contribution in [-0.4, -0.2) is 39.1 Å². The van der Waals surface area contributed by atoms with Gasteiger partial charge in [0.15, 0.2) is 0 Å². The summed E-state index contributed by atoms with van der Waals surface area (Å²) < 4.78 is 70.7. The summed E-state index contributed by atoms with van der Waals surface area (Å²) in [4.78, 5) is 0.434. The van der Waals surface area contributed by atoms with Gasteiger partial charge in [0.05, 0.1) is 11.3 Å². The van der Waals surface area contributed by atoms with Crippen molar-refractivity contribution < 1.29 is 26.1 Å². The van der Waals surface area contributed by atoms with Gasteiger partial charge in [0.25, 0.3) is 10.1 Å². The van der Waals surface area contributed by atoms with E-state index < -0.39 is 26.8 Å². The van der Waals surface area contributed by atoms with E-state index in [4.69, 9.17) is 0 Å². The molecule has 1 aromatic rings. The Balaban J connectivity index is 2.62. The van der Waals surface area contributed by atoms with Crippen molar-refractivity contribution in [3.63, 3.8) is 0 Å². The predicted octanol–water partition coefficient (Wildman–Crippen LogP) is 1.36. The summed E-state index contributed by atoms with van der Waals surface area (Å²) >= 11 is 0. The molecule has 5 nitrogen and oxygen atoms in total. The zero-order chi connectivity index (χ0) is 15.0. The maximum absolute atomic E-state index is 12.9. The smallest absolute Gasteiger partial charge is 0.368 e. The second kappa shape index (κ2) is 5.23. The lowest BCUT2D eigenvalue weighted by Crippen LogP contribution is -2.44. The lowest BCUT2D eigenvalue weighted by atomic mass is 10.1. The van der Waals surface area contributed by atoms with E-state index in [1.165, 1.54) is 11.0 Å². The summed E-state index contributed by atoms with van der Waals surface area (Å²) in [7, 11) is -4.98. The van der Waals surface area contributed by atoms with E-state index in [2.05, 4.69) is 5.32 Å². The minimum absolute atomic E-state index is 0.121. The van der Waals surface area contributed by atoms with Crippen LogP contribution in [0.4, 0.5) is 18.9 Å². The van der Waals surface area contributed by atoms with Gasteiger partial charge in [0, 0.05) is 26.2 Å². The third-order valence-corrected chi connectivity index (χ3v) is 3.96. The van der Waals surface area contributed by atoms with Gasteiger partial charge >= 0.3 is 6.18 Å². The average Bonchev–Trinajstić information content (AvgIpc) is 2.37. The first-order valence-corrected chi connectivity index (χ1v) is 7.28. The fourth-order valence-electron chi connectivity index (χ4n) is 2.17. The summed E-state index contributed by atoms with van der Waals surface area (Å²) in [6.45, 7) is 1.79. The Morgan fingerprint density at radius 2 is 1.80 bits per heavy atom. The molecule has 112 valence electrons. The van der Waals surface area contributed by atoms with Crippen LogP contribution >= 0.6 is 0 Å². The van der Waals surface area contributed by atoms with Crippen LogP contribution < -0.4 is 10.2 Å². The van der Waals surface area contributed by atoms with E-state index in [1.807, 2.05) is 0 Å². The van der Waals surface area contributed by atoms with E-state index in [9.17, 15) is 26.1 Å². The average molecular weight is 310 g/mol. The van der Waals surface area contributed by atoms with Crippen molar-refractivity contribution >= 4 is 15.8 Å². The van der Waals surface area contributed by atoms with Crippen molar-refractivity contribution in [2.75, 3.05) is 31.1 Å². The molecule has 9 heteroatoms. The maximum atomic E-state index is 12.9. The summed E-state index contributed by atoms with van der Waals surface area (Å²) in [5.41, 5.74) is -1.47. The summed E-state index contributed by atoms with van der Waals surface area (Å²) in [6, 6.07) is 3.05. The minimum Gasteiger partial charge on any atom is -0.368 e. The Hall–Kier alpha value is -1.32. The van der Waals surface area contributed by atoms with Gasteiger partial charge in [-0.05, 0) is 12.1 Å². The molecule has 1 aliphatic rings. The largest absolute Gasteiger partial charge is 0.417 e. The van der Waals surface area contributed by atoms with Gasteiger partial charge in [-0.15, -0.1) is 0 Å². The number of hydrogen-bond donors (Lipinski definition) is 2. The van der Waals surface area contributed by atoms with E-state index in [-0.39, 0.29) is 5.69 Å². The summed E-state index contributed by atoms with van der Waals surface area (Å²) in [5.74, 6) is 0. The van der Waals surface area contributed by atoms with Crippen LogP contribution in [0.15, 0.2) is 23.1 Å². The van der Waals surface area contributed by atoms with Crippen LogP contribution in [0.1, 0.15) is 5.56 Å². The Bertz CT molecular complexity index is 595. The van der Waals surface area contributed by atoms with Gasteiger partial charge in [-0.2, -0.15) is 21.6 Å². The molecule has 2 rings (SSSR count).